The first-order valence-corrected chi connectivity index (χ1v) is 6.37. The Morgan fingerprint density at radius 3 is 2.80 bits per heavy atom. The number of hydrogen-bond acceptors (Lipinski definition) is 4. The molecular formula is C13H13ClN2O4. The highest BCUT2D eigenvalue weighted by Gasteiger charge is 2.32. The number of likely N-dealkylation sites (N-methyl/N-ethyl adjacent to an activating group) is 1. The highest BCUT2D eigenvalue weighted by atomic mass is 35.5. The third-order valence-corrected chi connectivity index (χ3v) is 3.47. The Kier molecular flexibility index (Phi) is 3.94. The number of aromatic hydroxyl groups is 1. The molecule has 0 spiro atoms. The summed E-state index contributed by atoms with van der Waals surface area (Å²) in [6, 6.07) is 3.29. The van der Waals surface area contributed by atoms with E-state index in [-0.39, 0.29) is 35.1 Å². The van der Waals surface area contributed by atoms with Crippen LogP contribution < -0.4 is 5.32 Å². The van der Waals surface area contributed by atoms with Crippen LogP contribution in [0.2, 0.25) is 5.02 Å². The van der Waals surface area contributed by atoms with Gasteiger partial charge in [-0.3, -0.25) is 19.3 Å². The van der Waals surface area contributed by atoms with E-state index in [4.69, 9.17) is 11.6 Å². The van der Waals surface area contributed by atoms with Crippen molar-refractivity contribution in [2.24, 2.45) is 0 Å². The van der Waals surface area contributed by atoms with Gasteiger partial charge in [-0.2, -0.15) is 0 Å². The van der Waals surface area contributed by atoms with Crippen molar-refractivity contribution in [2.75, 3.05) is 7.05 Å². The van der Waals surface area contributed by atoms with Crippen LogP contribution in [0.15, 0.2) is 18.2 Å². The van der Waals surface area contributed by atoms with E-state index in [0.29, 0.717) is 0 Å². The number of nitrogens with one attached hydrogen (secondary N) is 1. The van der Waals surface area contributed by atoms with E-state index in [0.717, 1.165) is 4.90 Å². The first-order valence-electron chi connectivity index (χ1n) is 6.00. The number of halogens is 1. The summed E-state index contributed by atoms with van der Waals surface area (Å²) in [6.07, 6.45) is 0.489. The van der Waals surface area contributed by atoms with Crippen molar-refractivity contribution in [3.63, 3.8) is 0 Å². The zero-order valence-electron chi connectivity index (χ0n) is 10.7. The van der Waals surface area contributed by atoms with E-state index >= 15 is 0 Å². The third kappa shape index (κ3) is 2.75. The minimum atomic E-state index is -0.724. The van der Waals surface area contributed by atoms with Crippen LogP contribution in [-0.4, -0.2) is 40.8 Å². The van der Waals surface area contributed by atoms with Crippen molar-refractivity contribution in [3.05, 3.63) is 28.8 Å². The summed E-state index contributed by atoms with van der Waals surface area (Å²) >= 11 is 5.72. The number of hydrogen-bond donors (Lipinski definition) is 2. The van der Waals surface area contributed by atoms with E-state index in [1.165, 1.54) is 25.2 Å². The molecule has 0 aliphatic carbocycles. The van der Waals surface area contributed by atoms with Gasteiger partial charge in [0.15, 0.2) is 0 Å². The molecule has 1 aliphatic heterocycles. The lowest BCUT2D eigenvalue weighted by Crippen LogP contribution is -2.52. The molecule has 1 aromatic rings. The second kappa shape index (κ2) is 5.50. The molecule has 1 heterocycles. The Morgan fingerprint density at radius 2 is 2.15 bits per heavy atom. The minimum Gasteiger partial charge on any atom is -0.506 e. The van der Waals surface area contributed by atoms with E-state index in [1.807, 2.05) is 0 Å². The van der Waals surface area contributed by atoms with Gasteiger partial charge in [-0.1, -0.05) is 11.6 Å². The molecule has 0 aromatic heterocycles. The number of phenols is 1. The summed E-state index contributed by atoms with van der Waals surface area (Å²) in [4.78, 5) is 36.2. The van der Waals surface area contributed by atoms with E-state index in [2.05, 4.69) is 5.32 Å². The van der Waals surface area contributed by atoms with Crippen LogP contribution in [0.3, 0.4) is 0 Å². The molecule has 1 aromatic carbocycles. The first-order chi connectivity index (χ1) is 9.40. The van der Waals surface area contributed by atoms with Gasteiger partial charge in [0.1, 0.15) is 11.8 Å². The average Bonchev–Trinajstić information content (AvgIpc) is 2.42. The van der Waals surface area contributed by atoms with Gasteiger partial charge in [0.2, 0.25) is 5.91 Å². The zero-order valence-corrected chi connectivity index (χ0v) is 11.5. The Bertz CT molecular complexity index is 588. The summed E-state index contributed by atoms with van der Waals surface area (Å²) in [5, 5.41) is 11.9. The predicted octanol–water partition coefficient (Wildman–Crippen LogP) is 0.923. The zero-order chi connectivity index (χ0) is 14.9. The van der Waals surface area contributed by atoms with Crippen LogP contribution in [-0.2, 0) is 9.59 Å². The van der Waals surface area contributed by atoms with E-state index in [1.54, 1.807) is 0 Å². The van der Waals surface area contributed by atoms with Crippen molar-refractivity contribution in [1.82, 2.24) is 10.2 Å². The third-order valence-electron chi connectivity index (χ3n) is 3.16. The van der Waals surface area contributed by atoms with Gasteiger partial charge in [0.05, 0.1) is 5.02 Å². The normalized spacial score (nSPS) is 19.1. The Hall–Kier alpha value is -2.08. The predicted molar refractivity (Wildman–Crippen MR) is 71.4 cm³/mol. The highest BCUT2D eigenvalue weighted by molar-refractivity contribution is 6.32. The molecule has 20 heavy (non-hydrogen) atoms. The summed E-state index contributed by atoms with van der Waals surface area (Å²) in [5.74, 6) is -1.29. The smallest absolute Gasteiger partial charge is 0.251 e. The molecule has 0 bridgehead atoms. The van der Waals surface area contributed by atoms with Crippen molar-refractivity contribution in [3.8, 4) is 5.75 Å². The Balaban J connectivity index is 2.09. The number of benzene rings is 1. The summed E-state index contributed by atoms with van der Waals surface area (Å²) in [6.45, 7) is 0. The SMILES string of the molecule is CN1C(=O)CCC(NC(=O)c2ccc(O)c(Cl)c2)C1=O. The Labute approximate surface area is 120 Å². The fourth-order valence-corrected chi connectivity index (χ4v) is 2.12. The summed E-state index contributed by atoms with van der Waals surface area (Å²) in [5.41, 5.74) is 0.236. The van der Waals surface area contributed by atoms with Gasteiger partial charge in [0, 0.05) is 19.0 Å². The van der Waals surface area contributed by atoms with Crippen LogP contribution in [0, 0.1) is 0 Å². The highest BCUT2D eigenvalue weighted by Crippen LogP contribution is 2.23. The molecule has 1 saturated heterocycles. The largest absolute Gasteiger partial charge is 0.506 e. The molecule has 7 heteroatoms. The van der Waals surface area contributed by atoms with Gasteiger partial charge in [0.25, 0.3) is 11.8 Å². The average molecular weight is 297 g/mol. The Morgan fingerprint density at radius 1 is 1.45 bits per heavy atom. The van der Waals surface area contributed by atoms with Crippen LogP contribution in [0.4, 0.5) is 0 Å². The van der Waals surface area contributed by atoms with Crippen molar-refractivity contribution in [1.29, 1.82) is 0 Å². The van der Waals surface area contributed by atoms with Crippen LogP contribution >= 0.6 is 11.6 Å². The molecule has 0 radical (unpaired) electrons. The number of amides is 3. The van der Waals surface area contributed by atoms with E-state index in [9.17, 15) is 19.5 Å². The van der Waals surface area contributed by atoms with Gasteiger partial charge < -0.3 is 10.4 Å². The maximum Gasteiger partial charge on any atom is 0.251 e. The monoisotopic (exact) mass is 296 g/mol. The fourth-order valence-electron chi connectivity index (χ4n) is 1.94. The fraction of sp³-hybridized carbons (Fsp3) is 0.308. The molecule has 1 aliphatic rings. The van der Waals surface area contributed by atoms with Crippen LogP contribution in [0.1, 0.15) is 23.2 Å². The summed E-state index contributed by atoms with van der Waals surface area (Å²) < 4.78 is 0. The first kappa shape index (κ1) is 14.3. The number of likely N-dealkylation sites (tertiary alicyclic amines) is 1. The molecule has 2 N–H and O–H groups in total. The topological polar surface area (TPSA) is 86.7 Å². The van der Waals surface area contributed by atoms with Gasteiger partial charge in [-0.15, -0.1) is 0 Å². The molecule has 2 rings (SSSR count). The van der Waals surface area contributed by atoms with Crippen LogP contribution in [0.5, 0.6) is 5.75 Å². The number of nitrogens with zero attached hydrogens (tertiary/aromatic N) is 1. The standard InChI is InChI=1S/C13H13ClN2O4/c1-16-11(18)5-3-9(13(16)20)15-12(19)7-2-4-10(17)8(14)6-7/h2,4,6,9,17H,3,5H2,1H3,(H,15,19). The van der Waals surface area contributed by atoms with Gasteiger partial charge in [-0.05, 0) is 24.6 Å². The number of phenolic OH excluding ortho intramolecular Hbond substituents is 1. The number of rotatable bonds is 2. The molecule has 1 atom stereocenters. The lowest BCUT2D eigenvalue weighted by atomic mass is 10.0. The molecule has 3 amide bonds. The number of imide groups is 1. The molecular weight excluding hydrogens is 284 g/mol. The second-order valence-corrected chi connectivity index (χ2v) is 4.93. The van der Waals surface area contributed by atoms with Crippen molar-refractivity contribution in [2.45, 2.75) is 18.9 Å². The van der Waals surface area contributed by atoms with Crippen LogP contribution in [0.25, 0.3) is 0 Å². The number of piperidine rings is 1. The maximum atomic E-state index is 12.0. The van der Waals surface area contributed by atoms with Gasteiger partial charge >= 0.3 is 0 Å². The summed E-state index contributed by atoms with van der Waals surface area (Å²) in [7, 11) is 1.39. The molecule has 0 saturated carbocycles. The lowest BCUT2D eigenvalue weighted by molar-refractivity contribution is -0.147. The molecule has 1 unspecified atom stereocenters. The quantitative estimate of drug-likeness (QED) is 0.795. The number of carbonyl (C=O) groups is 3. The lowest BCUT2D eigenvalue weighted by Gasteiger charge is -2.28. The van der Waals surface area contributed by atoms with Crippen molar-refractivity contribution >= 4 is 29.3 Å². The minimum absolute atomic E-state index is 0.0555. The van der Waals surface area contributed by atoms with Gasteiger partial charge in [-0.25, -0.2) is 0 Å². The molecule has 6 nitrogen and oxygen atoms in total. The maximum absolute atomic E-state index is 12.0. The second-order valence-electron chi connectivity index (χ2n) is 4.52. The number of carbonyl (C=O) groups excluding carboxylic acids is 3. The molecule has 106 valence electrons. The molecule has 1 fully saturated rings. The van der Waals surface area contributed by atoms with E-state index < -0.39 is 17.9 Å². The van der Waals surface area contributed by atoms with Crippen molar-refractivity contribution < 1.29 is 19.5 Å².